The van der Waals surface area contributed by atoms with Crippen LogP contribution in [0.3, 0.4) is 0 Å². The zero-order chi connectivity index (χ0) is 10.1. The van der Waals surface area contributed by atoms with Crippen molar-refractivity contribution in [3.05, 3.63) is 29.1 Å². The van der Waals surface area contributed by atoms with Gasteiger partial charge in [-0.15, -0.1) is 0 Å². The molecule has 0 spiro atoms. The topological polar surface area (TPSA) is 85.4 Å². The van der Waals surface area contributed by atoms with E-state index in [0.29, 0.717) is 18.8 Å². The van der Waals surface area contributed by atoms with Gasteiger partial charge in [-0.2, -0.15) is 0 Å². The van der Waals surface area contributed by atoms with E-state index in [4.69, 9.17) is 15.6 Å². The molecule has 14 heavy (non-hydrogen) atoms. The Morgan fingerprint density at radius 3 is 3.07 bits per heavy atom. The Labute approximate surface area is 80.5 Å². The third kappa shape index (κ3) is 1.36. The van der Waals surface area contributed by atoms with E-state index in [9.17, 15) is 4.79 Å². The van der Waals surface area contributed by atoms with E-state index in [0.717, 1.165) is 11.1 Å². The first-order chi connectivity index (χ1) is 6.70. The molecule has 0 aromatic carbocycles. The maximum Gasteiger partial charge on any atom is 0.325 e. The van der Waals surface area contributed by atoms with Crippen molar-refractivity contribution in [3.8, 4) is 0 Å². The van der Waals surface area contributed by atoms with Crippen molar-refractivity contribution in [1.29, 1.82) is 0 Å². The van der Waals surface area contributed by atoms with Crippen molar-refractivity contribution < 1.29 is 14.6 Å². The minimum Gasteiger partial charge on any atom is -0.480 e. The Kier molecular flexibility index (Phi) is 2.18. The van der Waals surface area contributed by atoms with Crippen molar-refractivity contribution in [2.75, 3.05) is 0 Å². The van der Waals surface area contributed by atoms with Gasteiger partial charge in [-0.3, -0.25) is 9.78 Å². The Morgan fingerprint density at radius 2 is 2.36 bits per heavy atom. The summed E-state index contributed by atoms with van der Waals surface area (Å²) in [6, 6.07) is -1.01. The predicted molar refractivity (Wildman–Crippen MR) is 47.3 cm³/mol. The number of nitrogens with zero attached hydrogens (tertiary/aromatic N) is 1. The van der Waals surface area contributed by atoms with Crippen LogP contribution in [0, 0.1) is 0 Å². The molecule has 1 unspecified atom stereocenters. The summed E-state index contributed by atoms with van der Waals surface area (Å²) in [5.74, 6) is -1.05. The second-order valence-corrected chi connectivity index (χ2v) is 3.18. The maximum absolute atomic E-state index is 10.7. The van der Waals surface area contributed by atoms with Crippen molar-refractivity contribution in [3.63, 3.8) is 0 Å². The smallest absolute Gasteiger partial charge is 0.325 e. The molecule has 1 aromatic heterocycles. The fourth-order valence-electron chi connectivity index (χ4n) is 1.51. The zero-order valence-electron chi connectivity index (χ0n) is 7.43. The van der Waals surface area contributed by atoms with E-state index in [1.165, 1.54) is 6.20 Å². The van der Waals surface area contributed by atoms with Crippen LogP contribution in [0.25, 0.3) is 0 Å². The first kappa shape index (κ1) is 9.11. The normalized spacial score (nSPS) is 16.4. The number of nitrogens with two attached hydrogens (primary N) is 1. The van der Waals surface area contributed by atoms with Crippen molar-refractivity contribution in [2.24, 2.45) is 5.73 Å². The second-order valence-electron chi connectivity index (χ2n) is 3.18. The molecule has 5 heteroatoms. The van der Waals surface area contributed by atoms with Gasteiger partial charge in [-0.05, 0) is 5.56 Å². The van der Waals surface area contributed by atoms with Crippen molar-refractivity contribution in [2.45, 2.75) is 19.3 Å². The lowest BCUT2D eigenvalue weighted by atomic mass is 10.0. The summed E-state index contributed by atoms with van der Waals surface area (Å²) in [6.45, 7) is 0.913. The summed E-state index contributed by atoms with van der Waals surface area (Å²) in [7, 11) is 0. The van der Waals surface area contributed by atoms with Crippen LogP contribution in [-0.2, 0) is 22.7 Å². The lowest BCUT2D eigenvalue weighted by Gasteiger charge is -2.09. The molecule has 1 aliphatic heterocycles. The lowest BCUT2D eigenvalue weighted by Crippen LogP contribution is -2.22. The molecular weight excluding hydrogens is 184 g/mol. The van der Waals surface area contributed by atoms with E-state index >= 15 is 0 Å². The first-order valence-corrected chi connectivity index (χ1v) is 4.22. The molecule has 2 rings (SSSR count). The van der Waals surface area contributed by atoms with E-state index in [2.05, 4.69) is 4.98 Å². The van der Waals surface area contributed by atoms with E-state index in [1.807, 2.05) is 0 Å². The summed E-state index contributed by atoms with van der Waals surface area (Å²) in [6.07, 6.45) is 3.17. The van der Waals surface area contributed by atoms with Crippen molar-refractivity contribution >= 4 is 5.97 Å². The molecule has 74 valence electrons. The molecule has 2 heterocycles. The first-order valence-electron chi connectivity index (χ1n) is 4.22. The van der Waals surface area contributed by atoms with Gasteiger partial charge in [0.05, 0.1) is 13.2 Å². The van der Waals surface area contributed by atoms with Gasteiger partial charge in [0.1, 0.15) is 6.04 Å². The summed E-state index contributed by atoms with van der Waals surface area (Å²) in [4.78, 5) is 14.6. The molecule has 1 aliphatic rings. The Bertz CT molecular complexity index is 378. The zero-order valence-corrected chi connectivity index (χ0v) is 7.43. The highest BCUT2D eigenvalue weighted by atomic mass is 16.5. The molecular formula is C9H10N2O3. The minimum absolute atomic E-state index is 0.425. The van der Waals surface area contributed by atoms with Crippen LogP contribution in [-0.4, -0.2) is 16.1 Å². The van der Waals surface area contributed by atoms with E-state index < -0.39 is 12.0 Å². The van der Waals surface area contributed by atoms with Crippen LogP contribution >= 0.6 is 0 Å². The molecule has 3 N–H and O–H groups in total. The fourth-order valence-corrected chi connectivity index (χ4v) is 1.51. The number of carboxylic acids is 1. The Balaban J connectivity index is 2.44. The average Bonchev–Trinajstić information content (AvgIpc) is 2.63. The maximum atomic E-state index is 10.7. The number of carboxylic acid groups (broad SMARTS) is 1. The minimum atomic E-state index is -1.05. The number of hydrogen-bond acceptors (Lipinski definition) is 4. The molecule has 0 radical (unpaired) electrons. The van der Waals surface area contributed by atoms with Crippen LogP contribution in [0.4, 0.5) is 0 Å². The number of carbonyl (C=O) groups is 1. The van der Waals surface area contributed by atoms with Gasteiger partial charge in [0.25, 0.3) is 0 Å². The Morgan fingerprint density at radius 1 is 1.57 bits per heavy atom. The monoisotopic (exact) mass is 194 g/mol. The highest BCUT2D eigenvalue weighted by Gasteiger charge is 2.23. The van der Waals surface area contributed by atoms with Gasteiger partial charge in [-0.1, -0.05) is 0 Å². The molecule has 5 nitrogen and oxygen atoms in total. The number of hydrogen-bond donors (Lipinski definition) is 2. The van der Waals surface area contributed by atoms with Gasteiger partial charge < -0.3 is 15.6 Å². The largest absolute Gasteiger partial charge is 0.480 e. The SMILES string of the molecule is NC(C(=O)O)c1cncc2c1COC2. The molecule has 0 amide bonds. The highest BCUT2D eigenvalue weighted by Crippen LogP contribution is 2.25. The predicted octanol–water partition coefficient (Wildman–Crippen LogP) is 0.196. The third-order valence-electron chi connectivity index (χ3n) is 2.29. The summed E-state index contributed by atoms with van der Waals surface area (Å²) < 4.78 is 5.20. The highest BCUT2D eigenvalue weighted by molar-refractivity contribution is 5.75. The molecule has 1 aromatic rings. The molecule has 0 saturated carbocycles. The third-order valence-corrected chi connectivity index (χ3v) is 2.29. The summed E-state index contributed by atoms with van der Waals surface area (Å²) in [5, 5.41) is 8.77. The number of pyridine rings is 1. The van der Waals surface area contributed by atoms with Crippen LogP contribution in [0.2, 0.25) is 0 Å². The molecule has 1 atom stereocenters. The summed E-state index contributed by atoms with van der Waals surface area (Å²) >= 11 is 0. The lowest BCUT2D eigenvalue weighted by molar-refractivity contribution is -0.138. The Hall–Kier alpha value is -1.46. The molecule has 0 aliphatic carbocycles. The number of rotatable bonds is 2. The average molecular weight is 194 g/mol. The number of fused-ring (bicyclic) bond motifs is 1. The van der Waals surface area contributed by atoms with Crippen molar-refractivity contribution in [1.82, 2.24) is 4.98 Å². The van der Waals surface area contributed by atoms with Gasteiger partial charge in [0, 0.05) is 23.5 Å². The number of aromatic nitrogens is 1. The second kappa shape index (κ2) is 3.36. The van der Waals surface area contributed by atoms with E-state index in [-0.39, 0.29) is 0 Å². The molecule has 0 fully saturated rings. The number of aliphatic carboxylic acids is 1. The van der Waals surface area contributed by atoms with Gasteiger partial charge >= 0.3 is 5.97 Å². The van der Waals surface area contributed by atoms with E-state index in [1.54, 1.807) is 6.20 Å². The molecule has 0 bridgehead atoms. The van der Waals surface area contributed by atoms with Crippen LogP contribution in [0.15, 0.2) is 12.4 Å². The standard InChI is InChI=1S/C9H10N2O3/c10-8(9(12)13)6-2-11-1-5-3-14-4-7(5)6/h1-2,8H,3-4,10H2,(H,12,13). The molecule has 0 saturated heterocycles. The van der Waals surface area contributed by atoms with Gasteiger partial charge in [0.15, 0.2) is 0 Å². The van der Waals surface area contributed by atoms with Gasteiger partial charge in [0.2, 0.25) is 0 Å². The summed E-state index contributed by atoms with van der Waals surface area (Å²) in [5.41, 5.74) is 7.86. The van der Waals surface area contributed by atoms with Gasteiger partial charge in [-0.25, -0.2) is 0 Å². The van der Waals surface area contributed by atoms with Crippen LogP contribution < -0.4 is 5.73 Å². The van der Waals surface area contributed by atoms with Crippen LogP contribution in [0.1, 0.15) is 22.7 Å². The number of ether oxygens (including phenoxy) is 1. The fraction of sp³-hybridized carbons (Fsp3) is 0.333. The quantitative estimate of drug-likeness (QED) is 0.702. The van der Waals surface area contributed by atoms with Crippen LogP contribution in [0.5, 0.6) is 0 Å².